The molecule has 0 saturated heterocycles. The van der Waals surface area contributed by atoms with E-state index in [0.717, 1.165) is 5.69 Å². The Bertz CT molecular complexity index is 776. The second kappa shape index (κ2) is 8.68. The van der Waals surface area contributed by atoms with Crippen LogP contribution in [0.1, 0.15) is 12.5 Å². The molecule has 0 aliphatic heterocycles. The second-order valence-electron chi connectivity index (χ2n) is 5.33. The average molecular weight is 342 g/mol. The van der Waals surface area contributed by atoms with Gasteiger partial charge in [0.25, 0.3) is 5.91 Å². The molecule has 0 atom stereocenters. The highest BCUT2D eigenvalue weighted by atomic mass is 16.6. The average Bonchev–Trinajstić information content (AvgIpc) is 3.08. The van der Waals surface area contributed by atoms with E-state index in [-0.39, 0.29) is 18.2 Å². The van der Waals surface area contributed by atoms with Crippen molar-refractivity contribution in [2.45, 2.75) is 13.8 Å². The summed E-state index contributed by atoms with van der Waals surface area (Å²) < 4.78 is 7.35. The first-order chi connectivity index (χ1) is 12.0. The lowest BCUT2D eigenvalue weighted by molar-refractivity contribution is -0.114. The first kappa shape index (κ1) is 18.3. The van der Waals surface area contributed by atoms with E-state index >= 15 is 0 Å². The molecule has 0 aliphatic carbocycles. The molecule has 1 N–H and O–H groups in total. The fraction of sp³-hybridized carbons (Fsp3) is 0.278. The summed E-state index contributed by atoms with van der Waals surface area (Å²) in [5.41, 5.74) is 3.01. The van der Waals surface area contributed by atoms with Crippen molar-refractivity contribution < 1.29 is 14.4 Å². The number of rotatable bonds is 7. The van der Waals surface area contributed by atoms with Crippen LogP contribution in [0, 0.1) is 6.92 Å². The highest BCUT2D eigenvalue weighted by Crippen LogP contribution is 2.13. The molecule has 0 radical (unpaired) electrons. The molecule has 0 bridgehead atoms. The number of aromatic nitrogens is 2. The van der Waals surface area contributed by atoms with E-state index in [2.05, 4.69) is 15.6 Å². The Balaban J connectivity index is 2.00. The zero-order valence-electron chi connectivity index (χ0n) is 14.8. The lowest BCUT2D eigenvalue weighted by atomic mass is 10.1. The zero-order valence-corrected chi connectivity index (χ0v) is 14.8. The minimum Gasteiger partial charge on any atom is -0.472 e. The Labute approximate surface area is 146 Å². The van der Waals surface area contributed by atoms with Crippen LogP contribution in [0.15, 0.2) is 53.3 Å². The molecule has 1 aromatic carbocycles. The summed E-state index contributed by atoms with van der Waals surface area (Å²) in [7, 11) is 2.93. The van der Waals surface area contributed by atoms with Gasteiger partial charge in [-0.2, -0.15) is 0 Å². The van der Waals surface area contributed by atoms with E-state index in [1.165, 1.54) is 19.7 Å². The van der Waals surface area contributed by atoms with Gasteiger partial charge < -0.3 is 14.9 Å². The Morgan fingerprint density at radius 2 is 2.04 bits per heavy atom. The van der Waals surface area contributed by atoms with Crippen LogP contribution < -0.4 is 10.1 Å². The SMILES string of the molecule is CNC(=O)C(=NOC)C(C)=CCOc1ccn(-c2ccc(C)cc2)n1. The van der Waals surface area contributed by atoms with Crippen molar-refractivity contribution in [2.75, 3.05) is 20.8 Å². The van der Waals surface area contributed by atoms with Crippen molar-refractivity contribution in [1.82, 2.24) is 15.1 Å². The Kier molecular flexibility index (Phi) is 6.33. The van der Waals surface area contributed by atoms with Crippen LogP contribution in [-0.2, 0) is 9.63 Å². The molecule has 0 spiro atoms. The highest BCUT2D eigenvalue weighted by Gasteiger charge is 2.12. The van der Waals surface area contributed by atoms with Gasteiger partial charge in [0.2, 0.25) is 5.88 Å². The van der Waals surface area contributed by atoms with Gasteiger partial charge in [0, 0.05) is 19.3 Å². The number of carbonyl (C=O) groups excluding carboxylic acids is 1. The number of hydrogen-bond donors (Lipinski definition) is 1. The number of oxime groups is 1. The molecule has 0 saturated carbocycles. The summed E-state index contributed by atoms with van der Waals surface area (Å²) in [4.78, 5) is 16.4. The predicted octanol–water partition coefficient (Wildman–Crippen LogP) is 2.25. The fourth-order valence-corrected chi connectivity index (χ4v) is 2.08. The molecular weight excluding hydrogens is 320 g/mol. The molecule has 132 valence electrons. The maximum Gasteiger partial charge on any atom is 0.273 e. The van der Waals surface area contributed by atoms with Gasteiger partial charge in [-0.25, -0.2) is 4.68 Å². The smallest absolute Gasteiger partial charge is 0.273 e. The van der Waals surface area contributed by atoms with Crippen LogP contribution in [0.5, 0.6) is 5.88 Å². The number of aryl methyl sites for hydroxylation is 1. The Hall–Kier alpha value is -3.09. The van der Waals surface area contributed by atoms with E-state index in [9.17, 15) is 4.79 Å². The monoisotopic (exact) mass is 342 g/mol. The second-order valence-corrected chi connectivity index (χ2v) is 5.33. The molecule has 1 heterocycles. The summed E-state index contributed by atoms with van der Waals surface area (Å²) in [6.45, 7) is 4.06. The van der Waals surface area contributed by atoms with Crippen molar-refractivity contribution in [1.29, 1.82) is 0 Å². The molecule has 1 aromatic heterocycles. The zero-order chi connectivity index (χ0) is 18.2. The lowest BCUT2D eigenvalue weighted by Gasteiger charge is -2.05. The number of hydrogen-bond acceptors (Lipinski definition) is 5. The number of nitrogens with zero attached hydrogens (tertiary/aromatic N) is 3. The number of ether oxygens (including phenoxy) is 1. The van der Waals surface area contributed by atoms with Crippen LogP contribution in [-0.4, -0.2) is 42.2 Å². The van der Waals surface area contributed by atoms with Gasteiger partial charge in [-0.05, 0) is 37.6 Å². The van der Waals surface area contributed by atoms with Gasteiger partial charge in [0.05, 0.1) is 5.69 Å². The van der Waals surface area contributed by atoms with Crippen LogP contribution in [0.25, 0.3) is 5.69 Å². The minimum atomic E-state index is -0.320. The largest absolute Gasteiger partial charge is 0.472 e. The normalized spacial score (nSPS) is 12.0. The molecule has 7 heteroatoms. The topological polar surface area (TPSA) is 77.7 Å². The van der Waals surface area contributed by atoms with Gasteiger partial charge in [0.1, 0.15) is 13.7 Å². The molecule has 2 aromatic rings. The van der Waals surface area contributed by atoms with Gasteiger partial charge >= 0.3 is 0 Å². The molecule has 0 unspecified atom stereocenters. The maximum absolute atomic E-state index is 11.7. The highest BCUT2D eigenvalue weighted by molar-refractivity contribution is 6.44. The molecule has 0 fully saturated rings. The van der Waals surface area contributed by atoms with E-state index in [0.29, 0.717) is 11.5 Å². The molecule has 7 nitrogen and oxygen atoms in total. The number of carbonyl (C=O) groups is 1. The molecule has 1 amide bonds. The number of nitrogens with one attached hydrogen (secondary N) is 1. The lowest BCUT2D eigenvalue weighted by Crippen LogP contribution is -2.28. The van der Waals surface area contributed by atoms with Crippen molar-refractivity contribution in [3.05, 3.63) is 53.7 Å². The van der Waals surface area contributed by atoms with E-state index in [4.69, 9.17) is 9.57 Å². The molecule has 0 aliphatic rings. The Morgan fingerprint density at radius 3 is 2.68 bits per heavy atom. The maximum atomic E-state index is 11.7. The quantitative estimate of drug-likeness (QED) is 0.618. The van der Waals surface area contributed by atoms with Crippen LogP contribution in [0.4, 0.5) is 0 Å². The first-order valence-electron chi connectivity index (χ1n) is 7.81. The van der Waals surface area contributed by atoms with Crippen LogP contribution in [0.2, 0.25) is 0 Å². The van der Waals surface area contributed by atoms with Gasteiger partial charge in [0.15, 0.2) is 5.71 Å². The van der Waals surface area contributed by atoms with Gasteiger partial charge in [-0.15, -0.1) is 5.10 Å². The fourth-order valence-electron chi connectivity index (χ4n) is 2.08. The standard InChI is InChI=1S/C18H22N4O3/c1-13-5-7-15(8-6-13)22-11-9-16(20-22)25-12-10-14(2)17(21-24-4)18(23)19-3/h5-11H,12H2,1-4H3,(H,19,23). The molecular formula is C18H22N4O3. The van der Waals surface area contributed by atoms with Gasteiger partial charge in [-0.3, -0.25) is 4.79 Å². The summed E-state index contributed by atoms with van der Waals surface area (Å²) in [6, 6.07) is 9.82. The number of benzene rings is 1. The first-order valence-corrected chi connectivity index (χ1v) is 7.81. The summed E-state index contributed by atoms with van der Waals surface area (Å²) >= 11 is 0. The Morgan fingerprint density at radius 1 is 1.32 bits per heavy atom. The molecule has 2 rings (SSSR count). The molecule has 25 heavy (non-hydrogen) atoms. The minimum absolute atomic E-state index is 0.207. The summed E-state index contributed by atoms with van der Waals surface area (Å²) in [6.07, 6.45) is 3.58. The van der Waals surface area contributed by atoms with Crippen LogP contribution in [0.3, 0.4) is 0 Å². The predicted molar refractivity (Wildman–Crippen MR) is 96.1 cm³/mol. The van der Waals surface area contributed by atoms with E-state index in [1.807, 2.05) is 37.4 Å². The van der Waals surface area contributed by atoms with E-state index in [1.54, 1.807) is 23.7 Å². The third kappa shape index (κ3) is 4.94. The van der Waals surface area contributed by atoms with Crippen molar-refractivity contribution >= 4 is 11.6 Å². The van der Waals surface area contributed by atoms with Gasteiger partial charge in [-0.1, -0.05) is 22.9 Å². The summed E-state index contributed by atoms with van der Waals surface area (Å²) in [5.74, 6) is 0.175. The summed E-state index contributed by atoms with van der Waals surface area (Å²) in [5, 5.41) is 10.6. The van der Waals surface area contributed by atoms with Crippen LogP contribution >= 0.6 is 0 Å². The third-order valence-electron chi connectivity index (χ3n) is 3.48. The van der Waals surface area contributed by atoms with E-state index < -0.39 is 0 Å². The third-order valence-corrected chi connectivity index (χ3v) is 3.48. The van der Waals surface area contributed by atoms with Crippen molar-refractivity contribution in [3.8, 4) is 11.6 Å². The van der Waals surface area contributed by atoms with Crippen molar-refractivity contribution in [2.24, 2.45) is 5.16 Å². The van der Waals surface area contributed by atoms with Crippen molar-refractivity contribution in [3.63, 3.8) is 0 Å². The number of amides is 1.